The zero-order chi connectivity index (χ0) is 15.8. The molecule has 2 aliphatic heterocycles. The van der Waals surface area contributed by atoms with Gasteiger partial charge in [-0.25, -0.2) is 0 Å². The first-order chi connectivity index (χ1) is 11.2. The maximum Gasteiger partial charge on any atom is 0.226 e. The molecule has 23 heavy (non-hydrogen) atoms. The first kappa shape index (κ1) is 15.9. The number of rotatable bonds is 4. The van der Waals surface area contributed by atoms with Crippen LogP contribution in [0.3, 0.4) is 0 Å². The Bertz CT molecular complexity index is 419. The van der Waals surface area contributed by atoms with Crippen LogP contribution in [0.4, 0.5) is 0 Å². The standard InChI is InChI=1S/C20H34N2O/c1-15-5-2-3-11-21(15)12-8-16-9-13-22(14-10-16)20(23)19-17-6-4-7-18(17)19/h15-19H,2-14H2,1H3/t15-,17-,18-/m1/s1. The Balaban J connectivity index is 1.18. The molecule has 0 unspecified atom stereocenters. The first-order valence-electron chi connectivity index (χ1n) is 10.3. The highest BCUT2D eigenvalue weighted by Crippen LogP contribution is 2.58. The summed E-state index contributed by atoms with van der Waals surface area (Å²) >= 11 is 0. The van der Waals surface area contributed by atoms with Crippen LogP contribution in [0.1, 0.15) is 64.7 Å². The van der Waals surface area contributed by atoms with Crippen molar-refractivity contribution in [2.75, 3.05) is 26.2 Å². The third kappa shape index (κ3) is 3.31. The van der Waals surface area contributed by atoms with Gasteiger partial charge in [0.05, 0.1) is 0 Å². The van der Waals surface area contributed by atoms with E-state index in [1.165, 1.54) is 70.9 Å². The predicted octanol–water partition coefficient (Wildman–Crippen LogP) is 3.54. The lowest BCUT2D eigenvalue weighted by Gasteiger charge is -2.36. The SMILES string of the molecule is C[C@@H]1CCCCN1CCC1CCN(C(=O)C2[C@@H]3CCC[C@@H]23)CC1. The van der Waals surface area contributed by atoms with Crippen molar-refractivity contribution in [1.29, 1.82) is 0 Å². The predicted molar refractivity (Wildman–Crippen MR) is 93.1 cm³/mol. The molecule has 4 aliphatic rings. The highest BCUT2D eigenvalue weighted by Gasteiger charge is 2.57. The van der Waals surface area contributed by atoms with Crippen molar-refractivity contribution in [2.24, 2.45) is 23.7 Å². The topological polar surface area (TPSA) is 23.6 Å². The fourth-order valence-corrected chi connectivity index (χ4v) is 5.68. The van der Waals surface area contributed by atoms with Crippen molar-refractivity contribution < 1.29 is 4.79 Å². The van der Waals surface area contributed by atoms with E-state index in [4.69, 9.17) is 0 Å². The van der Waals surface area contributed by atoms with Crippen molar-refractivity contribution in [3.8, 4) is 0 Å². The summed E-state index contributed by atoms with van der Waals surface area (Å²) in [5.41, 5.74) is 0. The summed E-state index contributed by atoms with van der Waals surface area (Å²) in [5.74, 6) is 3.37. The summed E-state index contributed by atoms with van der Waals surface area (Å²) in [4.78, 5) is 17.6. The Hall–Kier alpha value is -0.570. The molecule has 0 aromatic heterocycles. The normalized spacial score (nSPS) is 38.6. The first-order valence-corrected chi connectivity index (χ1v) is 10.3. The molecule has 0 bridgehead atoms. The lowest BCUT2D eigenvalue weighted by atomic mass is 9.92. The number of hydrogen-bond acceptors (Lipinski definition) is 2. The summed E-state index contributed by atoms with van der Waals surface area (Å²) in [6, 6.07) is 0.791. The lowest BCUT2D eigenvalue weighted by Crippen LogP contribution is -2.42. The van der Waals surface area contributed by atoms with E-state index in [9.17, 15) is 4.79 Å². The molecule has 2 saturated heterocycles. The van der Waals surface area contributed by atoms with Crippen molar-refractivity contribution in [2.45, 2.75) is 70.8 Å². The Morgan fingerprint density at radius 2 is 1.65 bits per heavy atom. The van der Waals surface area contributed by atoms with E-state index in [1.807, 2.05) is 0 Å². The molecule has 3 nitrogen and oxygen atoms in total. The number of piperidine rings is 2. The molecule has 130 valence electrons. The Labute approximate surface area is 141 Å². The zero-order valence-electron chi connectivity index (χ0n) is 14.9. The summed E-state index contributed by atoms with van der Waals surface area (Å²) in [6.45, 7) is 7.06. The fraction of sp³-hybridized carbons (Fsp3) is 0.950. The summed E-state index contributed by atoms with van der Waals surface area (Å²) in [5, 5.41) is 0. The molecule has 0 spiro atoms. The molecular weight excluding hydrogens is 284 g/mol. The molecule has 3 atom stereocenters. The van der Waals surface area contributed by atoms with E-state index < -0.39 is 0 Å². The molecule has 2 aliphatic carbocycles. The Kier molecular flexibility index (Phi) is 4.67. The minimum Gasteiger partial charge on any atom is -0.342 e. The molecule has 2 heterocycles. The van der Waals surface area contributed by atoms with Crippen LogP contribution in [0.2, 0.25) is 0 Å². The van der Waals surface area contributed by atoms with Gasteiger partial charge in [-0.3, -0.25) is 4.79 Å². The van der Waals surface area contributed by atoms with E-state index in [2.05, 4.69) is 16.7 Å². The van der Waals surface area contributed by atoms with E-state index >= 15 is 0 Å². The minimum absolute atomic E-state index is 0.439. The second kappa shape index (κ2) is 6.74. The molecule has 1 amide bonds. The van der Waals surface area contributed by atoms with Crippen LogP contribution in [0.5, 0.6) is 0 Å². The maximum absolute atomic E-state index is 12.6. The van der Waals surface area contributed by atoms with Crippen LogP contribution in [-0.2, 0) is 4.79 Å². The number of likely N-dealkylation sites (tertiary alicyclic amines) is 2. The smallest absolute Gasteiger partial charge is 0.226 e. The fourth-order valence-electron chi connectivity index (χ4n) is 5.68. The molecule has 4 fully saturated rings. The van der Waals surface area contributed by atoms with Crippen LogP contribution >= 0.6 is 0 Å². The second-order valence-corrected chi connectivity index (χ2v) is 8.72. The van der Waals surface area contributed by atoms with Crippen molar-refractivity contribution in [3.05, 3.63) is 0 Å². The van der Waals surface area contributed by atoms with Crippen LogP contribution < -0.4 is 0 Å². The third-order valence-electron chi connectivity index (χ3n) is 7.38. The van der Waals surface area contributed by atoms with Gasteiger partial charge in [-0.1, -0.05) is 12.8 Å². The third-order valence-corrected chi connectivity index (χ3v) is 7.38. The van der Waals surface area contributed by atoms with Gasteiger partial charge < -0.3 is 9.80 Å². The maximum atomic E-state index is 12.6. The molecule has 0 aromatic rings. The molecule has 0 radical (unpaired) electrons. The largest absolute Gasteiger partial charge is 0.342 e. The monoisotopic (exact) mass is 318 g/mol. The van der Waals surface area contributed by atoms with Gasteiger partial charge in [0, 0.05) is 25.0 Å². The highest BCUT2D eigenvalue weighted by molar-refractivity contribution is 5.82. The molecule has 0 N–H and O–H groups in total. The van der Waals surface area contributed by atoms with Crippen molar-refractivity contribution in [3.63, 3.8) is 0 Å². The van der Waals surface area contributed by atoms with Gasteiger partial charge >= 0.3 is 0 Å². The Morgan fingerprint density at radius 1 is 0.913 bits per heavy atom. The van der Waals surface area contributed by atoms with Crippen LogP contribution in [0.25, 0.3) is 0 Å². The minimum atomic E-state index is 0.439. The van der Waals surface area contributed by atoms with E-state index in [1.54, 1.807) is 0 Å². The second-order valence-electron chi connectivity index (χ2n) is 8.72. The quantitative estimate of drug-likeness (QED) is 0.791. The van der Waals surface area contributed by atoms with Crippen LogP contribution in [0.15, 0.2) is 0 Å². The van der Waals surface area contributed by atoms with Gasteiger partial charge in [0.25, 0.3) is 0 Å². The van der Waals surface area contributed by atoms with Gasteiger partial charge in [0.15, 0.2) is 0 Å². The number of fused-ring (bicyclic) bond motifs is 1. The van der Waals surface area contributed by atoms with Gasteiger partial charge in [-0.15, -0.1) is 0 Å². The van der Waals surface area contributed by atoms with Crippen LogP contribution in [-0.4, -0.2) is 47.9 Å². The number of carbonyl (C=O) groups excluding carboxylic acids is 1. The van der Waals surface area contributed by atoms with Gasteiger partial charge in [0.2, 0.25) is 5.91 Å². The average molecular weight is 319 g/mol. The van der Waals surface area contributed by atoms with Crippen LogP contribution in [0, 0.1) is 23.7 Å². The highest BCUT2D eigenvalue weighted by atomic mass is 16.2. The molecule has 4 rings (SSSR count). The molecule has 2 saturated carbocycles. The number of nitrogens with zero attached hydrogens (tertiary/aromatic N) is 2. The number of carbonyl (C=O) groups is 1. The average Bonchev–Trinajstić information content (AvgIpc) is 3.05. The number of hydrogen-bond donors (Lipinski definition) is 0. The van der Waals surface area contributed by atoms with Crippen molar-refractivity contribution >= 4 is 5.91 Å². The molecular formula is C20H34N2O. The molecule has 0 aromatic carbocycles. The number of amides is 1. The lowest BCUT2D eigenvalue weighted by molar-refractivity contribution is -0.134. The van der Waals surface area contributed by atoms with Gasteiger partial charge in [-0.05, 0) is 82.7 Å². The van der Waals surface area contributed by atoms with E-state index in [0.717, 1.165) is 36.9 Å². The Morgan fingerprint density at radius 3 is 2.35 bits per heavy atom. The van der Waals surface area contributed by atoms with Crippen molar-refractivity contribution in [1.82, 2.24) is 9.80 Å². The van der Waals surface area contributed by atoms with E-state index in [-0.39, 0.29) is 0 Å². The van der Waals surface area contributed by atoms with E-state index in [0.29, 0.717) is 11.8 Å². The van der Waals surface area contributed by atoms with Gasteiger partial charge in [-0.2, -0.15) is 0 Å². The van der Waals surface area contributed by atoms with Gasteiger partial charge in [0.1, 0.15) is 0 Å². The molecule has 3 heteroatoms. The summed E-state index contributed by atoms with van der Waals surface area (Å²) in [7, 11) is 0. The summed E-state index contributed by atoms with van der Waals surface area (Å²) < 4.78 is 0. The summed E-state index contributed by atoms with van der Waals surface area (Å²) in [6.07, 6.45) is 12.1. The zero-order valence-corrected chi connectivity index (χ0v) is 14.9.